The molecule has 0 saturated heterocycles. The smallest absolute Gasteiger partial charge is 0.304 e. The highest BCUT2D eigenvalue weighted by molar-refractivity contribution is 6.00. The van der Waals surface area contributed by atoms with Crippen LogP contribution < -0.4 is 5.73 Å². The van der Waals surface area contributed by atoms with E-state index >= 15 is 0 Å². The minimum absolute atomic E-state index is 0.0451. The van der Waals surface area contributed by atoms with Gasteiger partial charge in [0.2, 0.25) is 0 Å². The minimum Gasteiger partial charge on any atom is -0.395 e. The number of carbonyl (C=O) groups is 1. The molecule has 0 saturated carbocycles. The van der Waals surface area contributed by atoms with Crippen LogP contribution in [0.2, 0.25) is 0 Å². The van der Waals surface area contributed by atoms with Gasteiger partial charge in [-0.1, -0.05) is 13.0 Å². The summed E-state index contributed by atoms with van der Waals surface area (Å²) in [6.45, 7) is 2.25. The molecule has 1 rings (SSSR count). The maximum absolute atomic E-state index is 12.3. The number of nitrogens with two attached hydrogens (primary N) is 1. The molecule has 0 aromatic heterocycles. The number of carbonyl (C=O) groups excluding carboxylic acids is 1. The monoisotopic (exact) mass is 267 g/mol. The van der Waals surface area contributed by atoms with Crippen molar-refractivity contribution in [3.05, 3.63) is 33.9 Å². The zero-order chi connectivity index (χ0) is 14.4. The van der Waals surface area contributed by atoms with Crippen molar-refractivity contribution in [2.45, 2.75) is 13.3 Å². The number of rotatable bonds is 6. The van der Waals surface area contributed by atoms with E-state index in [9.17, 15) is 14.9 Å². The number of benzene rings is 1. The highest BCUT2D eigenvalue weighted by Gasteiger charge is 2.26. The van der Waals surface area contributed by atoms with Crippen LogP contribution in [0.15, 0.2) is 18.2 Å². The summed E-state index contributed by atoms with van der Waals surface area (Å²) in [6, 6.07) is 4.25. The van der Waals surface area contributed by atoms with Gasteiger partial charge >= 0.3 is 5.69 Å². The van der Waals surface area contributed by atoms with Crippen LogP contribution in [-0.4, -0.2) is 40.5 Å². The predicted octanol–water partition coefficient (Wildman–Crippen LogP) is 1.02. The topological polar surface area (TPSA) is 110 Å². The minimum atomic E-state index is -0.661. The number of aliphatic hydroxyl groups excluding tert-OH is 1. The maximum Gasteiger partial charge on any atom is 0.304 e. The molecule has 104 valence electrons. The molecular weight excluding hydrogens is 250 g/mol. The Balaban J connectivity index is 3.17. The fraction of sp³-hybridized carbons (Fsp3) is 0.417. The summed E-state index contributed by atoms with van der Waals surface area (Å²) in [5.74, 6) is -0.491. The fourth-order valence-electron chi connectivity index (χ4n) is 1.81. The molecule has 0 atom stereocenters. The van der Waals surface area contributed by atoms with E-state index in [-0.39, 0.29) is 30.1 Å². The van der Waals surface area contributed by atoms with Gasteiger partial charge in [-0.3, -0.25) is 14.9 Å². The van der Waals surface area contributed by atoms with Crippen molar-refractivity contribution >= 4 is 17.3 Å². The van der Waals surface area contributed by atoms with Gasteiger partial charge in [0.15, 0.2) is 0 Å². The first kappa shape index (κ1) is 14.9. The number of hydrogen-bond donors (Lipinski definition) is 2. The van der Waals surface area contributed by atoms with Crippen molar-refractivity contribution in [2.24, 2.45) is 0 Å². The van der Waals surface area contributed by atoms with Crippen molar-refractivity contribution in [2.75, 3.05) is 25.4 Å². The first-order valence-electron chi connectivity index (χ1n) is 5.95. The van der Waals surface area contributed by atoms with Crippen molar-refractivity contribution in [3.8, 4) is 0 Å². The second-order valence-electron chi connectivity index (χ2n) is 4.02. The molecule has 0 bridgehead atoms. The van der Waals surface area contributed by atoms with Gasteiger partial charge in [-0.25, -0.2) is 0 Å². The van der Waals surface area contributed by atoms with Crippen LogP contribution in [0.25, 0.3) is 0 Å². The summed E-state index contributed by atoms with van der Waals surface area (Å²) in [7, 11) is 0. The largest absolute Gasteiger partial charge is 0.395 e. The summed E-state index contributed by atoms with van der Waals surface area (Å²) in [4.78, 5) is 24.0. The third kappa shape index (κ3) is 3.41. The number of para-hydroxylation sites is 1. The quantitative estimate of drug-likeness (QED) is 0.454. The lowest BCUT2D eigenvalue weighted by molar-refractivity contribution is -0.384. The number of nitro groups is 1. The summed E-state index contributed by atoms with van der Waals surface area (Å²) < 4.78 is 0. The summed E-state index contributed by atoms with van der Waals surface area (Å²) in [5.41, 5.74) is 5.07. The lowest BCUT2D eigenvalue weighted by atomic mass is 10.1. The third-order valence-corrected chi connectivity index (χ3v) is 2.63. The van der Waals surface area contributed by atoms with Crippen LogP contribution in [0.3, 0.4) is 0 Å². The first-order valence-corrected chi connectivity index (χ1v) is 5.95. The van der Waals surface area contributed by atoms with Crippen LogP contribution in [0.5, 0.6) is 0 Å². The summed E-state index contributed by atoms with van der Waals surface area (Å²) in [6.07, 6.45) is 0.696. The molecule has 7 heteroatoms. The molecule has 19 heavy (non-hydrogen) atoms. The molecule has 0 unspecified atom stereocenters. The second-order valence-corrected chi connectivity index (χ2v) is 4.02. The zero-order valence-corrected chi connectivity index (χ0v) is 10.7. The Morgan fingerprint density at radius 2 is 2.16 bits per heavy atom. The Hall–Kier alpha value is -2.15. The molecule has 1 aromatic rings. The molecule has 0 heterocycles. The molecule has 1 amide bonds. The van der Waals surface area contributed by atoms with E-state index in [0.29, 0.717) is 13.0 Å². The number of aliphatic hydroxyl groups is 1. The Morgan fingerprint density at radius 3 is 2.68 bits per heavy atom. The lowest BCUT2D eigenvalue weighted by Gasteiger charge is -2.21. The molecule has 0 aliphatic carbocycles. The number of hydrogen-bond acceptors (Lipinski definition) is 5. The highest BCUT2D eigenvalue weighted by Crippen LogP contribution is 2.27. The number of anilines is 1. The standard InChI is InChI=1S/C12H17N3O4/c1-2-6-14(7-8-16)12(17)9-4-3-5-10(13)11(9)15(18)19/h3-5,16H,2,6-8,13H2,1H3. The molecule has 0 radical (unpaired) electrons. The second kappa shape index (κ2) is 6.69. The van der Waals surface area contributed by atoms with Gasteiger partial charge in [-0.05, 0) is 18.6 Å². The van der Waals surface area contributed by atoms with Crippen LogP contribution in [0.1, 0.15) is 23.7 Å². The van der Waals surface area contributed by atoms with E-state index in [2.05, 4.69) is 0 Å². The van der Waals surface area contributed by atoms with Gasteiger partial charge in [-0.15, -0.1) is 0 Å². The molecule has 0 spiro atoms. The zero-order valence-electron chi connectivity index (χ0n) is 10.7. The average Bonchev–Trinajstić information content (AvgIpc) is 2.37. The lowest BCUT2D eigenvalue weighted by Crippen LogP contribution is -2.34. The number of nitro benzene ring substituents is 1. The Kier molecular flexibility index (Phi) is 5.25. The van der Waals surface area contributed by atoms with Crippen molar-refractivity contribution < 1.29 is 14.8 Å². The van der Waals surface area contributed by atoms with Gasteiger partial charge in [-0.2, -0.15) is 0 Å². The van der Waals surface area contributed by atoms with Crippen LogP contribution in [0.4, 0.5) is 11.4 Å². The van der Waals surface area contributed by atoms with Gasteiger partial charge in [0.1, 0.15) is 11.3 Å². The molecule has 7 nitrogen and oxygen atoms in total. The molecular formula is C12H17N3O4. The van der Waals surface area contributed by atoms with Crippen molar-refractivity contribution in [1.29, 1.82) is 0 Å². The highest BCUT2D eigenvalue weighted by atomic mass is 16.6. The fourth-order valence-corrected chi connectivity index (χ4v) is 1.81. The Morgan fingerprint density at radius 1 is 1.47 bits per heavy atom. The Labute approximate surface area is 110 Å². The van der Waals surface area contributed by atoms with E-state index in [1.165, 1.54) is 23.1 Å². The molecule has 0 fully saturated rings. The molecule has 3 N–H and O–H groups in total. The van der Waals surface area contributed by atoms with Gasteiger partial charge in [0.05, 0.1) is 11.5 Å². The van der Waals surface area contributed by atoms with Crippen LogP contribution >= 0.6 is 0 Å². The third-order valence-electron chi connectivity index (χ3n) is 2.63. The van der Waals surface area contributed by atoms with Gasteiger partial charge in [0, 0.05) is 13.1 Å². The summed E-state index contributed by atoms with van der Waals surface area (Å²) >= 11 is 0. The number of amides is 1. The first-order chi connectivity index (χ1) is 9.02. The van der Waals surface area contributed by atoms with E-state index in [1.807, 2.05) is 6.92 Å². The predicted molar refractivity (Wildman–Crippen MR) is 70.8 cm³/mol. The molecule has 0 aliphatic rings. The maximum atomic E-state index is 12.3. The van der Waals surface area contributed by atoms with Gasteiger partial charge in [0.25, 0.3) is 5.91 Å². The number of nitrogens with zero attached hydrogens (tertiary/aromatic N) is 2. The van der Waals surface area contributed by atoms with Crippen LogP contribution in [0, 0.1) is 10.1 Å². The summed E-state index contributed by atoms with van der Waals surface area (Å²) in [5, 5.41) is 19.9. The normalized spacial score (nSPS) is 10.2. The molecule has 1 aromatic carbocycles. The van der Waals surface area contributed by atoms with Gasteiger partial charge < -0.3 is 15.7 Å². The van der Waals surface area contributed by atoms with Crippen LogP contribution in [-0.2, 0) is 0 Å². The van der Waals surface area contributed by atoms with E-state index in [4.69, 9.17) is 10.8 Å². The SMILES string of the molecule is CCCN(CCO)C(=O)c1cccc(N)c1[N+](=O)[O-]. The van der Waals surface area contributed by atoms with Crippen molar-refractivity contribution in [3.63, 3.8) is 0 Å². The van der Waals surface area contributed by atoms with E-state index in [0.717, 1.165) is 0 Å². The Bertz CT molecular complexity index is 470. The average molecular weight is 267 g/mol. The molecule has 0 aliphatic heterocycles. The van der Waals surface area contributed by atoms with Crippen molar-refractivity contribution in [1.82, 2.24) is 4.90 Å². The number of nitrogen functional groups attached to an aromatic ring is 1. The van der Waals surface area contributed by atoms with E-state index in [1.54, 1.807) is 0 Å². The van der Waals surface area contributed by atoms with E-state index < -0.39 is 10.8 Å².